The lowest BCUT2D eigenvalue weighted by molar-refractivity contribution is -0.138. The zero-order valence-electron chi connectivity index (χ0n) is 9.67. The Morgan fingerprint density at radius 3 is 2.53 bits per heavy atom. The van der Waals surface area contributed by atoms with E-state index >= 15 is 0 Å². The number of ether oxygens (including phenoxy) is 1. The second-order valence-corrected chi connectivity index (χ2v) is 5.09. The summed E-state index contributed by atoms with van der Waals surface area (Å²) in [5.74, 6) is -1.32. The molecule has 0 aliphatic heterocycles. The van der Waals surface area contributed by atoms with Crippen molar-refractivity contribution in [2.24, 2.45) is 0 Å². The summed E-state index contributed by atoms with van der Waals surface area (Å²) in [5, 5.41) is 8.87. The van der Waals surface area contributed by atoms with Crippen molar-refractivity contribution in [3.63, 3.8) is 0 Å². The van der Waals surface area contributed by atoms with Gasteiger partial charge in [0.1, 0.15) is 0 Å². The summed E-state index contributed by atoms with van der Waals surface area (Å²) in [5.41, 5.74) is 0.782. The highest BCUT2D eigenvalue weighted by Crippen LogP contribution is 2.23. The fraction of sp³-hybridized carbons (Fsp3) is 0.333. The molecule has 0 spiro atoms. The van der Waals surface area contributed by atoms with Gasteiger partial charge in [-0.3, -0.25) is 4.79 Å². The summed E-state index contributed by atoms with van der Waals surface area (Å²) in [7, 11) is 0. The molecule has 1 aromatic carbocycles. The standard InChI is InChI=1S/C12H14O3S2/c1-3-15-12(16)17-10-6-4-9(5-7-10)8(2)11(13)14/h4-8H,3H2,1-2H3,(H,13,14). The van der Waals surface area contributed by atoms with Crippen molar-refractivity contribution < 1.29 is 14.6 Å². The lowest BCUT2D eigenvalue weighted by atomic mass is 10.0. The van der Waals surface area contributed by atoms with Crippen LogP contribution in [0.2, 0.25) is 0 Å². The van der Waals surface area contributed by atoms with Crippen LogP contribution in [0, 0.1) is 0 Å². The van der Waals surface area contributed by atoms with E-state index in [1.54, 1.807) is 19.1 Å². The second-order valence-electron chi connectivity index (χ2n) is 3.41. The van der Waals surface area contributed by atoms with E-state index in [1.165, 1.54) is 11.8 Å². The fourth-order valence-electron chi connectivity index (χ4n) is 1.21. The van der Waals surface area contributed by atoms with Crippen LogP contribution in [0.15, 0.2) is 29.2 Å². The molecule has 0 bridgehead atoms. The van der Waals surface area contributed by atoms with Crippen molar-refractivity contribution >= 4 is 34.3 Å². The highest BCUT2D eigenvalue weighted by atomic mass is 32.2. The van der Waals surface area contributed by atoms with Gasteiger partial charge in [-0.25, -0.2) is 0 Å². The van der Waals surface area contributed by atoms with Gasteiger partial charge in [0.05, 0.1) is 12.5 Å². The van der Waals surface area contributed by atoms with Gasteiger partial charge in [-0.1, -0.05) is 12.1 Å². The zero-order valence-corrected chi connectivity index (χ0v) is 11.3. The molecule has 0 heterocycles. The summed E-state index contributed by atoms with van der Waals surface area (Å²) in [6, 6.07) is 7.31. The van der Waals surface area contributed by atoms with Crippen molar-refractivity contribution in [2.75, 3.05) is 6.61 Å². The van der Waals surface area contributed by atoms with Crippen LogP contribution in [-0.4, -0.2) is 22.1 Å². The van der Waals surface area contributed by atoms with Crippen LogP contribution in [0.5, 0.6) is 0 Å². The molecule has 1 N–H and O–H groups in total. The van der Waals surface area contributed by atoms with Gasteiger partial charge >= 0.3 is 5.97 Å². The van der Waals surface area contributed by atoms with Gasteiger partial charge in [0.15, 0.2) is 0 Å². The maximum absolute atomic E-state index is 10.8. The number of aliphatic carboxylic acids is 1. The molecule has 1 unspecified atom stereocenters. The molecule has 0 aromatic heterocycles. The minimum atomic E-state index is -0.824. The van der Waals surface area contributed by atoms with Crippen molar-refractivity contribution in [2.45, 2.75) is 24.7 Å². The largest absolute Gasteiger partial charge is 0.481 e. The molecule has 0 saturated heterocycles. The molecule has 17 heavy (non-hydrogen) atoms. The number of rotatable bonds is 4. The predicted molar refractivity (Wildman–Crippen MR) is 72.6 cm³/mol. The Hall–Kier alpha value is -1.07. The Morgan fingerprint density at radius 2 is 2.06 bits per heavy atom. The van der Waals surface area contributed by atoms with Gasteiger partial charge in [-0.05, 0) is 55.5 Å². The number of hydrogen-bond acceptors (Lipinski definition) is 4. The van der Waals surface area contributed by atoms with E-state index < -0.39 is 11.9 Å². The molecule has 0 saturated carbocycles. The van der Waals surface area contributed by atoms with Crippen LogP contribution in [-0.2, 0) is 9.53 Å². The van der Waals surface area contributed by atoms with E-state index in [2.05, 4.69) is 0 Å². The molecule has 0 amide bonds. The average Bonchev–Trinajstić information content (AvgIpc) is 2.29. The number of thioether (sulfide) groups is 1. The van der Waals surface area contributed by atoms with Crippen LogP contribution in [0.1, 0.15) is 25.3 Å². The van der Waals surface area contributed by atoms with Gasteiger partial charge in [0, 0.05) is 4.90 Å². The third kappa shape index (κ3) is 4.36. The topological polar surface area (TPSA) is 46.5 Å². The van der Waals surface area contributed by atoms with E-state index in [0.717, 1.165) is 10.5 Å². The summed E-state index contributed by atoms with van der Waals surface area (Å²) >= 11 is 6.37. The number of carboxylic acid groups (broad SMARTS) is 1. The SMILES string of the molecule is CCOC(=S)Sc1ccc(C(C)C(=O)O)cc1. The van der Waals surface area contributed by atoms with E-state index in [-0.39, 0.29) is 0 Å². The van der Waals surface area contributed by atoms with Crippen molar-refractivity contribution in [1.29, 1.82) is 0 Å². The molecule has 1 rings (SSSR count). The van der Waals surface area contributed by atoms with Crippen LogP contribution in [0.4, 0.5) is 0 Å². The molecule has 0 aliphatic rings. The highest BCUT2D eigenvalue weighted by molar-refractivity contribution is 8.22. The van der Waals surface area contributed by atoms with Crippen LogP contribution < -0.4 is 0 Å². The molecular weight excluding hydrogens is 256 g/mol. The average molecular weight is 270 g/mol. The van der Waals surface area contributed by atoms with Crippen molar-refractivity contribution in [3.8, 4) is 0 Å². The third-order valence-corrected chi connectivity index (χ3v) is 3.37. The van der Waals surface area contributed by atoms with Gasteiger partial charge in [0.25, 0.3) is 0 Å². The molecular formula is C12H14O3S2. The van der Waals surface area contributed by atoms with E-state index in [4.69, 9.17) is 22.1 Å². The Morgan fingerprint density at radius 1 is 1.47 bits per heavy atom. The molecule has 0 fully saturated rings. The van der Waals surface area contributed by atoms with E-state index in [9.17, 15) is 4.79 Å². The van der Waals surface area contributed by atoms with Gasteiger partial charge in [-0.15, -0.1) is 0 Å². The van der Waals surface area contributed by atoms with Gasteiger partial charge in [0.2, 0.25) is 4.38 Å². The van der Waals surface area contributed by atoms with Crippen LogP contribution in [0.3, 0.4) is 0 Å². The Bertz CT molecular complexity index is 401. The predicted octanol–water partition coefficient (Wildman–Crippen LogP) is 3.29. The molecule has 5 heteroatoms. The van der Waals surface area contributed by atoms with Crippen molar-refractivity contribution in [1.82, 2.24) is 0 Å². The summed E-state index contributed by atoms with van der Waals surface area (Å²) in [6.45, 7) is 4.10. The quantitative estimate of drug-likeness (QED) is 0.672. The second kappa shape index (κ2) is 6.61. The first-order valence-electron chi connectivity index (χ1n) is 5.22. The van der Waals surface area contributed by atoms with Crippen molar-refractivity contribution in [3.05, 3.63) is 29.8 Å². The van der Waals surface area contributed by atoms with E-state index in [0.29, 0.717) is 11.0 Å². The first kappa shape index (κ1) is 14.0. The van der Waals surface area contributed by atoms with Gasteiger partial charge in [-0.2, -0.15) is 0 Å². The first-order chi connectivity index (χ1) is 8.04. The third-order valence-electron chi connectivity index (χ3n) is 2.21. The smallest absolute Gasteiger partial charge is 0.310 e. The summed E-state index contributed by atoms with van der Waals surface area (Å²) < 4.78 is 5.64. The number of benzene rings is 1. The fourth-order valence-corrected chi connectivity index (χ4v) is 2.26. The molecule has 92 valence electrons. The summed E-state index contributed by atoms with van der Waals surface area (Å²) in [4.78, 5) is 11.8. The zero-order chi connectivity index (χ0) is 12.8. The minimum absolute atomic E-state index is 0.478. The normalized spacial score (nSPS) is 11.9. The number of hydrogen-bond donors (Lipinski definition) is 1. The Balaban J connectivity index is 2.68. The summed E-state index contributed by atoms with van der Waals surface area (Å²) in [6.07, 6.45) is 0. The van der Waals surface area contributed by atoms with Crippen LogP contribution in [0.25, 0.3) is 0 Å². The van der Waals surface area contributed by atoms with Crippen LogP contribution >= 0.6 is 24.0 Å². The Labute approximate surface area is 110 Å². The number of carbonyl (C=O) groups is 1. The molecule has 1 atom stereocenters. The minimum Gasteiger partial charge on any atom is -0.481 e. The molecule has 0 aliphatic carbocycles. The first-order valence-corrected chi connectivity index (χ1v) is 6.44. The van der Waals surface area contributed by atoms with Gasteiger partial charge < -0.3 is 9.84 Å². The lowest BCUT2D eigenvalue weighted by Gasteiger charge is -2.08. The number of thiocarbonyl (C=S) groups is 1. The molecule has 0 radical (unpaired) electrons. The molecule has 3 nitrogen and oxygen atoms in total. The highest BCUT2D eigenvalue weighted by Gasteiger charge is 2.13. The lowest BCUT2D eigenvalue weighted by Crippen LogP contribution is -2.07. The maximum atomic E-state index is 10.8. The monoisotopic (exact) mass is 270 g/mol. The molecule has 1 aromatic rings. The number of carboxylic acids is 1. The Kier molecular flexibility index (Phi) is 5.44. The maximum Gasteiger partial charge on any atom is 0.310 e. The van der Waals surface area contributed by atoms with E-state index in [1.807, 2.05) is 19.1 Å².